The molecule has 2 amide bonds. The molecule has 3 rings (SSSR count). The summed E-state index contributed by atoms with van der Waals surface area (Å²) < 4.78 is 5.92. The van der Waals surface area contributed by atoms with Crippen LogP contribution < -0.4 is 15.0 Å². The van der Waals surface area contributed by atoms with Crippen LogP contribution >= 0.6 is 0 Å². The topological polar surface area (TPSA) is 58.6 Å². The van der Waals surface area contributed by atoms with Crippen LogP contribution in [-0.2, 0) is 9.59 Å². The minimum atomic E-state index is -0.616. The van der Waals surface area contributed by atoms with E-state index < -0.39 is 5.92 Å². The predicted molar refractivity (Wildman–Crippen MR) is 92.1 cm³/mol. The van der Waals surface area contributed by atoms with E-state index in [4.69, 9.17) is 4.74 Å². The van der Waals surface area contributed by atoms with Gasteiger partial charge in [-0.3, -0.25) is 9.59 Å². The van der Waals surface area contributed by atoms with Gasteiger partial charge in [0.25, 0.3) is 0 Å². The van der Waals surface area contributed by atoms with Crippen LogP contribution in [0.4, 0.5) is 5.69 Å². The zero-order valence-electron chi connectivity index (χ0n) is 13.6. The number of amides is 2. The van der Waals surface area contributed by atoms with E-state index in [0.717, 1.165) is 0 Å². The molecular formula is C19H20N2O3. The van der Waals surface area contributed by atoms with Crippen LogP contribution in [0, 0.1) is 5.92 Å². The molecule has 1 atom stereocenters. The van der Waals surface area contributed by atoms with Crippen molar-refractivity contribution in [1.82, 2.24) is 5.32 Å². The Morgan fingerprint density at radius 3 is 2.62 bits per heavy atom. The minimum Gasteiger partial charge on any atom is -0.455 e. The van der Waals surface area contributed by atoms with Gasteiger partial charge < -0.3 is 15.0 Å². The van der Waals surface area contributed by atoms with Crippen molar-refractivity contribution in [2.45, 2.75) is 13.3 Å². The average Bonchev–Trinajstić information content (AvgIpc) is 2.98. The lowest BCUT2D eigenvalue weighted by Crippen LogP contribution is -2.36. The number of carbonyl (C=O) groups excluding carboxylic acids is 2. The van der Waals surface area contributed by atoms with E-state index in [9.17, 15) is 9.59 Å². The van der Waals surface area contributed by atoms with Gasteiger partial charge in [0, 0.05) is 13.1 Å². The van der Waals surface area contributed by atoms with E-state index in [2.05, 4.69) is 5.32 Å². The molecule has 2 aromatic rings. The van der Waals surface area contributed by atoms with Gasteiger partial charge in [-0.25, -0.2) is 0 Å². The third-order valence-electron chi connectivity index (χ3n) is 4.00. The van der Waals surface area contributed by atoms with Gasteiger partial charge in [-0.15, -0.1) is 0 Å². The number of hydrogen-bond acceptors (Lipinski definition) is 3. The molecule has 2 aromatic carbocycles. The van der Waals surface area contributed by atoms with Crippen molar-refractivity contribution in [2.75, 3.05) is 18.0 Å². The normalized spacial score (nSPS) is 17.0. The molecule has 0 radical (unpaired) electrons. The van der Waals surface area contributed by atoms with E-state index >= 15 is 0 Å². The van der Waals surface area contributed by atoms with Gasteiger partial charge in [0.15, 0.2) is 5.75 Å². The van der Waals surface area contributed by atoms with E-state index in [1.807, 2.05) is 61.5 Å². The Kier molecular flexibility index (Phi) is 4.79. The fourth-order valence-corrected chi connectivity index (χ4v) is 2.84. The van der Waals surface area contributed by atoms with Crippen molar-refractivity contribution < 1.29 is 14.3 Å². The Balaban J connectivity index is 1.83. The van der Waals surface area contributed by atoms with Gasteiger partial charge >= 0.3 is 0 Å². The molecule has 1 fully saturated rings. The molecule has 124 valence electrons. The molecule has 0 aromatic heterocycles. The highest BCUT2D eigenvalue weighted by atomic mass is 16.5. The average molecular weight is 324 g/mol. The third kappa shape index (κ3) is 3.25. The highest BCUT2D eigenvalue weighted by molar-refractivity contribution is 6.10. The molecule has 5 heteroatoms. The SMILES string of the molecule is CCNC(=O)C1CCN(c2ccccc2Oc2ccccc2)C1=O. The largest absolute Gasteiger partial charge is 0.455 e. The molecule has 1 aliphatic heterocycles. The first-order chi connectivity index (χ1) is 11.7. The number of hydrogen-bond donors (Lipinski definition) is 1. The summed E-state index contributed by atoms with van der Waals surface area (Å²) in [5.41, 5.74) is 0.693. The lowest BCUT2D eigenvalue weighted by atomic mass is 10.1. The van der Waals surface area contributed by atoms with Crippen molar-refractivity contribution >= 4 is 17.5 Å². The van der Waals surface area contributed by atoms with Crippen LogP contribution in [0.3, 0.4) is 0 Å². The Morgan fingerprint density at radius 2 is 1.88 bits per heavy atom. The van der Waals surface area contributed by atoms with E-state index in [-0.39, 0.29) is 11.8 Å². The first kappa shape index (κ1) is 16.1. The second kappa shape index (κ2) is 7.17. The number of rotatable bonds is 5. The number of carbonyl (C=O) groups is 2. The number of ether oxygens (including phenoxy) is 1. The maximum absolute atomic E-state index is 12.6. The van der Waals surface area contributed by atoms with Gasteiger partial charge in [-0.05, 0) is 37.6 Å². The maximum Gasteiger partial charge on any atom is 0.239 e. The van der Waals surface area contributed by atoms with Crippen LogP contribution in [-0.4, -0.2) is 24.9 Å². The first-order valence-electron chi connectivity index (χ1n) is 8.11. The summed E-state index contributed by atoms with van der Waals surface area (Å²) in [5, 5.41) is 2.73. The van der Waals surface area contributed by atoms with Crippen molar-refractivity contribution in [2.24, 2.45) is 5.92 Å². The predicted octanol–water partition coefficient (Wildman–Crippen LogP) is 2.97. The summed E-state index contributed by atoms with van der Waals surface area (Å²) in [4.78, 5) is 26.3. The molecule has 1 saturated heterocycles. The highest BCUT2D eigenvalue weighted by Crippen LogP contribution is 2.35. The van der Waals surface area contributed by atoms with Gasteiger partial charge in [0.2, 0.25) is 11.8 Å². The molecule has 0 spiro atoms. The number of anilines is 1. The summed E-state index contributed by atoms with van der Waals surface area (Å²) in [6, 6.07) is 16.8. The molecule has 0 bridgehead atoms. The van der Waals surface area contributed by atoms with Crippen LogP contribution in [0.5, 0.6) is 11.5 Å². The number of nitrogens with one attached hydrogen (secondary N) is 1. The summed E-state index contributed by atoms with van der Waals surface area (Å²) in [6.07, 6.45) is 0.518. The number of para-hydroxylation sites is 3. The quantitative estimate of drug-likeness (QED) is 0.860. The first-order valence-corrected chi connectivity index (χ1v) is 8.11. The summed E-state index contributed by atoms with van der Waals surface area (Å²) >= 11 is 0. The zero-order chi connectivity index (χ0) is 16.9. The fourth-order valence-electron chi connectivity index (χ4n) is 2.84. The summed E-state index contributed by atoms with van der Waals surface area (Å²) in [7, 11) is 0. The van der Waals surface area contributed by atoms with Gasteiger partial charge in [-0.2, -0.15) is 0 Å². The summed E-state index contributed by atoms with van der Waals surface area (Å²) in [6.45, 7) is 2.88. The fraction of sp³-hybridized carbons (Fsp3) is 0.263. The van der Waals surface area contributed by atoms with Crippen molar-refractivity contribution in [3.8, 4) is 11.5 Å². The van der Waals surface area contributed by atoms with E-state index in [1.165, 1.54) is 0 Å². The lowest BCUT2D eigenvalue weighted by Gasteiger charge is -2.20. The maximum atomic E-state index is 12.6. The van der Waals surface area contributed by atoms with Crippen molar-refractivity contribution in [3.63, 3.8) is 0 Å². The molecular weight excluding hydrogens is 304 g/mol. The second-order valence-corrected chi connectivity index (χ2v) is 5.61. The molecule has 0 aliphatic carbocycles. The monoisotopic (exact) mass is 324 g/mol. The number of benzene rings is 2. The van der Waals surface area contributed by atoms with E-state index in [0.29, 0.717) is 36.7 Å². The molecule has 1 unspecified atom stereocenters. The Labute approximate surface area is 141 Å². The molecule has 0 saturated carbocycles. The molecule has 1 aliphatic rings. The number of nitrogens with zero attached hydrogens (tertiary/aromatic N) is 1. The van der Waals surface area contributed by atoms with Crippen LogP contribution in [0.2, 0.25) is 0 Å². The Hall–Kier alpha value is -2.82. The van der Waals surface area contributed by atoms with Crippen molar-refractivity contribution in [3.05, 3.63) is 54.6 Å². The van der Waals surface area contributed by atoms with Gasteiger partial charge in [0.05, 0.1) is 5.69 Å². The third-order valence-corrected chi connectivity index (χ3v) is 4.00. The minimum absolute atomic E-state index is 0.176. The second-order valence-electron chi connectivity index (χ2n) is 5.61. The van der Waals surface area contributed by atoms with Crippen LogP contribution in [0.1, 0.15) is 13.3 Å². The van der Waals surface area contributed by atoms with Crippen LogP contribution in [0.15, 0.2) is 54.6 Å². The van der Waals surface area contributed by atoms with E-state index in [1.54, 1.807) is 4.90 Å². The van der Waals surface area contributed by atoms with Gasteiger partial charge in [0.1, 0.15) is 11.7 Å². The Morgan fingerprint density at radius 1 is 1.17 bits per heavy atom. The van der Waals surface area contributed by atoms with Crippen LogP contribution in [0.25, 0.3) is 0 Å². The smallest absolute Gasteiger partial charge is 0.239 e. The standard InChI is InChI=1S/C19H20N2O3/c1-2-20-18(22)15-12-13-21(19(15)23)16-10-6-7-11-17(16)24-14-8-4-3-5-9-14/h3-11,15H,2,12-13H2,1H3,(H,20,22). The molecule has 24 heavy (non-hydrogen) atoms. The van der Waals surface area contributed by atoms with Gasteiger partial charge in [-0.1, -0.05) is 30.3 Å². The van der Waals surface area contributed by atoms with Crippen molar-refractivity contribution in [1.29, 1.82) is 0 Å². The molecule has 1 heterocycles. The lowest BCUT2D eigenvalue weighted by molar-refractivity contribution is -0.132. The molecule has 1 N–H and O–H groups in total. The molecule has 5 nitrogen and oxygen atoms in total. The zero-order valence-corrected chi connectivity index (χ0v) is 13.6. The Bertz CT molecular complexity index is 730. The highest BCUT2D eigenvalue weighted by Gasteiger charge is 2.38. The summed E-state index contributed by atoms with van der Waals surface area (Å²) in [5.74, 6) is 0.316.